The number of hydrogen-bond acceptors (Lipinski definition) is 3. The summed E-state index contributed by atoms with van der Waals surface area (Å²) in [6.07, 6.45) is 0.902. The fourth-order valence-electron chi connectivity index (χ4n) is 3.08. The van der Waals surface area contributed by atoms with Gasteiger partial charge in [-0.25, -0.2) is 0 Å². The molecule has 2 aromatic carbocycles. The predicted octanol–water partition coefficient (Wildman–Crippen LogP) is 2.99. The largest absolute Gasteiger partial charge is 0.497 e. The van der Waals surface area contributed by atoms with Gasteiger partial charge in [0, 0.05) is 19.6 Å². The normalized spacial score (nSPS) is 12.9. The molecule has 1 aliphatic rings. The minimum atomic E-state index is -0.223. The molecule has 0 aliphatic carbocycles. The summed E-state index contributed by atoms with van der Waals surface area (Å²) in [5, 5.41) is 2.90. The number of carbonyl (C=O) groups is 2. The van der Waals surface area contributed by atoms with Gasteiger partial charge in [-0.15, -0.1) is 0 Å². The summed E-state index contributed by atoms with van der Waals surface area (Å²) < 4.78 is 5.13. The summed E-state index contributed by atoms with van der Waals surface area (Å²) in [7, 11) is 1.62. The first-order valence-electron chi connectivity index (χ1n) is 8.46. The third-order valence-electron chi connectivity index (χ3n) is 4.36. The van der Waals surface area contributed by atoms with E-state index in [9.17, 15) is 9.59 Å². The highest BCUT2D eigenvalue weighted by atomic mass is 16.5. The Morgan fingerprint density at radius 1 is 1.20 bits per heavy atom. The Morgan fingerprint density at radius 3 is 2.64 bits per heavy atom. The van der Waals surface area contributed by atoms with E-state index in [1.54, 1.807) is 18.1 Å². The second-order valence-corrected chi connectivity index (χ2v) is 6.10. The van der Waals surface area contributed by atoms with Gasteiger partial charge in [-0.3, -0.25) is 9.59 Å². The van der Waals surface area contributed by atoms with Gasteiger partial charge in [-0.1, -0.05) is 31.2 Å². The minimum absolute atomic E-state index is 0.0490. The molecule has 0 bridgehead atoms. The van der Waals surface area contributed by atoms with Crippen molar-refractivity contribution >= 4 is 11.8 Å². The number of rotatable bonds is 6. The number of fused-ring (bicyclic) bond motifs is 1. The van der Waals surface area contributed by atoms with Crippen LogP contribution in [0.4, 0.5) is 0 Å². The Bertz CT molecular complexity index is 784. The van der Waals surface area contributed by atoms with Gasteiger partial charge in [0.15, 0.2) is 0 Å². The van der Waals surface area contributed by atoms with E-state index in [4.69, 9.17) is 4.74 Å². The van der Waals surface area contributed by atoms with E-state index < -0.39 is 0 Å². The smallest absolute Gasteiger partial charge is 0.255 e. The van der Waals surface area contributed by atoms with Crippen molar-refractivity contribution in [1.82, 2.24) is 10.2 Å². The molecule has 0 radical (unpaired) electrons. The van der Waals surface area contributed by atoms with Gasteiger partial charge < -0.3 is 15.0 Å². The van der Waals surface area contributed by atoms with Crippen molar-refractivity contribution in [3.05, 3.63) is 64.7 Å². The van der Waals surface area contributed by atoms with E-state index in [1.165, 1.54) is 0 Å². The quantitative estimate of drug-likeness (QED) is 0.881. The van der Waals surface area contributed by atoms with Gasteiger partial charge in [-0.05, 0) is 35.7 Å². The van der Waals surface area contributed by atoms with Gasteiger partial charge in [0.2, 0.25) is 0 Å². The summed E-state index contributed by atoms with van der Waals surface area (Å²) in [6, 6.07) is 13.0. The molecule has 0 unspecified atom stereocenters. The molecule has 3 rings (SSSR count). The minimum Gasteiger partial charge on any atom is -0.497 e. The van der Waals surface area contributed by atoms with Crippen LogP contribution < -0.4 is 10.1 Å². The molecule has 0 fully saturated rings. The fraction of sp³-hybridized carbons (Fsp3) is 0.300. The second-order valence-electron chi connectivity index (χ2n) is 6.10. The monoisotopic (exact) mass is 338 g/mol. The van der Waals surface area contributed by atoms with Crippen LogP contribution in [0.1, 0.15) is 45.2 Å². The number of amides is 2. The highest BCUT2D eigenvalue weighted by molar-refractivity contribution is 6.09. The maximum absolute atomic E-state index is 12.6. The molecule has 5 heteroatoms. The highest BCUT2D eigenvalue weighted by Gasteiger charge is 2.30. The molecule has 0 aromatic heterocycles. The average molecular weight is 338 g/mol. The van der Waals surface area contributed by atoms with Gasteiger partial charge in [0.1, 0.15) is 5.75 Å². The lowest BCUT2D eigenvalue weighted by Gasteiger charge is -2.14. The lowest BCUT2D eigenvalue weighted by Crippen LogP contribution is -2.28. The zero-order valence-electron chi connectivity index (χ0n) is 14.5. The molecule has 0 atom stereocenters. The number of nitrogens with zero attached hydrogens (tertiary/aromatic N) is 1. The Morgan fingerprint density at radius 2 is 1.96 bits per heavy atom. The summed E-state index contributed by atoms with van der Waals surface area (Å²) in [4.78, 5) is 27.0. The Hall–Kier alpha value is -2.82. The molecule has 0 saturated carbocycles. The molecule has 1 heterocycles. The van der Waals surface area contributed by atoms with Crippen LogP contribution in [-0.4, -0.2) is 30.4 Å². The predicted molar refractivity (Wildman–Crippen MR) is 95.6 cm³/mol. The van der Waals surface area contributed by atoms with E-state index in [1.807, 2.05) is 43.3 Å². The van der Waals surface area contributed by atoms with Crippen molar-refractivity contribution < 1.29 is 14.3 Å². The molecule has 2 amide bonds. The molecule has 1 N–H and O–H groups in total. The van der Waals surface area contributed by atoms with Crippen molar-refractivity contribution in [1.29, 1.82) is 0 Å². The van der Waals surface area contributed by atoms with Crippen molar-refractivity contribution in [3.63, 3.8) is 0 Å². The summed E-state index contributed by atoms with van der Waals surface area (Å²) in [5.41, 5.74) is 2.90. The lowest BCUT2D eigenvalue weighted by atomic mass is 10.0. The van der Waals surface area contributed by atoms with Gasteiger partial charge in [0.25, 0.3) is 11.8 Å². The van der Waals surface area contributed by atoms with Crippen LogP contribution in [0.2, 0.25) is 0 Å². The van der Waals surface area contributed by atoms with Gasteiger partial charge in [0.05, 0.1) is 18.2 Å². The molecular formula is C20H22N2O3. The maximum atomic E-state index is 12.6. The average Bonchev–Trinajstić information content (AvgIpc) is 2.96. The van der Waals surface area contributed by atoms with E-state index >= 15 is 0 Å². The summed E-state index contributed by atoms with van der Waals surface area (Å²) >= 11 is 0. The van der Waals surface area contributed by atoms with E-state index in [0.29, 0.717) is 30.8 Å². The number of nitrogens with one attached hydrogen (secondary N) is 1. The second kappa shape index (κ2) is 7.38. The van der Waals surface area contributed by atoms with Crippen LogP contribution in [-0.2, 0) is 13.1 Å². The van der Waals surface area contributed by atoms with Crippen LogP contribution >= 0.6 is 0 Å². The summed E-state index contributed by atoms with van der Waals surface area (Å²) in [6.45, 7) is 3.74. The molecule has 5 nitrogen and oxygen atoms in total. The summed E-state index contributed by atoms with van der Waals surface area (Å²) in [5.74, 6) is 0.504. The molecular weight excluding hydrogens is 316 g/mol. The number of hydrogen-bond donors (Lipinski definition) is 1. The van der Waals surface area contributed by atoms with Crippen LogP contribution in [0.3, 0.4) is 0 Å². The first-order valence-corrected chi connectivity index (χ1v) is 8.46. The van der Waals surface area contributed by atoms with Crippen molar-refractivity contribution in [2.75, 3.05) is 13.7 Å². The topological polar surface area (TPSA) is 58.6 Å². The zero-order chi connectivity index (χ0) is 17.8. The Kier molecular flexibility index (Phi) is 5.03. The van der Waals surface area contributed by atoms with Crippen LogP contribution in [0.5, 0.6) is 5.75 Å². The van der Waals surface area contributed by atoms with Crippen LogP contribution in [0, 0.1) is 0 Å². The maximum Gasteiger partial charge on any atom is 0.255 e. The SMILES string of the molecule is CCCN1Cc2cccc(C(=O)NCc3ccc(OC)cc3)c2C1=O. The first kappa shape index (κ1) is 17.0. The zero-order valence-corrected chi connectivity index (χ0v) is 14.5. The van der Waals surface area contributed by atoms with Crippen molar-refractivity contribution in [3.8, 4) is 5.75 Å². The number of carbonyl (C=O) groups excluding carboxylic acids is 2. The van der Waals surface area contributed by atoms with E-state index in [-0.39, 0.29) is 11.8 Å². The molecule has 0 saturated heterocycles. The standard InChI is InChI=1S/C20H22N2O3/c1-3-11-22-13-15-5-4-6-17(18(15)20(22)24)19(23)21-12-14-7-9-16(25-2)10-8-14/h4-10H,3,11-13H2,1-2H3,(H,21,23). The van der Waals surface area contributed by atoms with Crippen LogP contribution in [0.25, 0.3) is 0 Å². The van der Waals surface area contributed by atoms with Crippen molar-refractivity contribution in [2.24, 2.45) is 0 Å². The lowest BCUT2D eigenvalue weighted by molar-refractivity contribution is 0.0773. The Labute approximate surface area is 147 Å². The van der Waals surface area contributed by atoms with E-state index in [2.05, 4.69) is 5.32 Å². The molecule has 25 heavy (non-hydrogen) atoms. The Balaban J connectivity index is 1.73. The molecule has 0 spiro atoms. The number of methoxy groups -OCH3 is 1. The van der Waals surface area contributed by atoms with E-state index in [0.717, 1.165) is 23.3 Å². The molecule has 130 valence electrons. The number of benzene rings is 2. The first-order chi connectivity index (χ1) is 12.1. The van der Waals surface area contributed by atoms with Gasteiger partial charge >= 0.3 is 0 Å². The molecule has 2 aromatic rings. The third kappa shape index (κ3) is 3.50. The highest BCUT2D eigenvalue weighted by Crippen LogP contribution is 2.26. The van der Waals surface area contributed by atoms with Crippen molar-refractivity contribution in [2.45, 2.75) is 26.4 Å². The van der Waals surface area contributed by atoms with Crippen LogP contribution in [0.15, 0.2) is 42.5 Å². The molecule has 1 aliphatic heterocycles. The third-order valence-corrected chi connectivity index (χ3v) is 4.36. The fourth-order valence-corrected chi connectivity index (χ4v) is 3.08. The van der Waals surface area contributed by atoms with Gasteiger partial charge in [-0.2, -0.15) is 0 Å². The number of ether oxygens (including phenoxy) is 1.